The van der Waals surface area contributed by atoms with E-state index >= 15 is 0 Å². The van der Waals surface area contributed by atoms with E-state index in [4.69, 9.17) is 21.1 Å². The van der Waals surface area contributed by atoms with E-state index in [0.29, 0.717) is 10.8 Å². The molecule has 0 saturated carbocycles. The van der Waals surface area contributed by atoms with E-state index in [1.54, 1.807) is 6.07 Å². The van der Waals surface area contributed by atoms with Crippen LogP contribution in [0.4, 0.5) is 0 Å². The lowest BCUT2D eigenvalue weighted by Crippen LogP contribution is -2.43. The number of carbonyl (C=O) groups excluding carboxylic acids is 3. The monoisotopic (exact) mass is 390 g/mol. The maximum Gasteiger partial charge on any atom is 0.310 e. The molecule has 0 aliphatic rings. The SMILES string of the molecule is COc1ccc(Cl)cc1C(=O)NNC(=O)COC(=O)Cc1ccccc1C. The van der Waals surface area contributed by atoms with Crippen molar-refractivity contribution in [2.75, 3.05) is 13.7 Å². The fraction of sp³-hybridized carbons (Fsp3) is 0.211. The van der Waals surface area contributed by atoms with Crippen LogP contribution in [0.1, 0.15) is 21.5 Å². The highest BCUT2D eigenvalue weighted by Gasteiger charge is 2.15. The molecule has 2 amide bonds. The Bertz CT molecular complexity index is 854. The molecule has 0 unspecified atom stereocenters. The first kappa shape index (κ1) is 20.3. The third-order valence-corrected chi connectivity index (χ3v) is 3.92. The quantitative estimate of drug-likeness (QED) is 0.582. The Kier molecular flexibility index (Phi) is 7.19. The number of rotatable bonds is 6. The number of hydrogen-bond acceptors (Lipinski definition) is 5. The Labute approximate surface area is 161 Å². The van der Waals surface area contributed by atoms with Gasteiger partial charge in [-0.3, -0.25) is 25.2 Å². The highest BCUT2D eigenvalue weighted by atomic mass is 35.5. The zero-order chi connectivity index (χ0) is 19.8. The first-order valence-corrected chi connectivity index (χ1v) is 8.41. The van der Waals surface area contributed by atoms with Crippen molar-refractivity contribution in [2.24, 2.45) is 0 Å². The van der Waals surface area contributed by atoms with Crippen LogP contribution in [0.15, 0.2) is 42.5 Å². The second-order valence-electron chi connectivity index (χ2n) is 5.61. The summed E-state index contributed by atoms with van der Waals surface area (Å²) in [5.74, 6) is -1.53. The summed E-state index contributed by atoms with van der Waals surface area (Å²) >= 11 is 5.86. The van der Waals surface area contributed by atoms with Crippen molar-refractivity contribution in [2.45, 2.75) is 13.3 Å². The van der Waals surface area contributed by atoms with E-state index in [-0.39, 0.29) is 12.0 Å². The minimum Gasteiger partial charge on any atom is -0.496 e. The second-order valence-corrected chi connectivity index (χ2v) is 6.05. The molecule has 0 radical (unpaired) electrons. The molecule has 0 atom stereocenters. The van der Waals surface area contributed by atoms with Gasteiger partial charge in [-0.25, -0.2) is 0 Å². The van der Waals surface area contributed by atoms with E-state index in [9.17, 15) is 14.4 Å². The lowest BCUT2D eigenvalue weighted by molar-refractivity contribution is -0.148. The number of benzene rings is 2. The first-order valence-electron chi connectivity index (χ1n) is 8.03. The Morgan fingerprint density at radius 2 is 1.81 bits per heavy atom. The smallest absolute Gasteiger partial charge is 0.310 e. The van der Waals surface area contributed by atoms with Crippen molar-refractivity contribution in [3.05, 3.63) is 64.2 Å². The molecule has 0 heterocycles. The van der Waals surface area contributed by atoms with Crippen LogP contribution in [0.2, 0.25) is 5.02 Å². The molecular formula is C19H19ClN2O5. The lowest BCUT2D eigenvalue weighted by atomic mass is 10.1. The van der Waals surface area contributed by atoms with E-state index in [1.807, 2.05) is 31.2 Å². The summed E-state index contributed by atoms with van der Waals surface area (Å²) in [4.78, 5) is 35.7. The lowest BCUT2D eigenvalue weighted by Gasteiger charge is -2.11. The summed E-state index contributed by atoms with van der Waals surface area (Å²) in [6.07, 6.45) is 0.0615. The van der Waals surface area contributed by atoms with Crippen LogP contribution >= 0.6 is 11.6 Å². The Morgan fingerprint density at radius 3 is 2.52 bits per heavy atom. The van der Waals surface area contributed by atoms with Gasteiger partial charge >= 0.3 is 5.97 Å². The normalized spacial score (nSPS) is 10.0. The largest absolute Gasteiger partial charge is 0.496 e. The molecule has 2 aromatic rings. The maximum absolute atomic E-state index is 12.1. The first-order chi connectivity index (χ1) is 12.9. The fourth-order valence-corrected chi connectivity index (χ4v) is 2.42. The van der Waals surface area contributed by atoms with Gasteiger partial charge in [0.25, 0.3) is 11.8 Å². The minimum atomic E-state index is -0.678. The van der Waals surface area contributed by atoms with E-state index in [1.165, 1.54) is 19.2 Å². The molecule has 0 spiro atoms. The van der Waals surface area contributed by atoms with E-state index in [0.717, 1.165) is 11.1 Å². The van der Waals surface area contributed by atoms with Crippen molar-refractivity contribution < 1.29 is 23.9 Å². The number of carbonyl (C=O) groups is 3. The molecule has 0 aliphatic carbocycles. The minimum absolute atomic E-state index is 0.0615. The number of methoxy groups -OCH3 is 1. The summed E-state index contributed by atoms with van der Waals surface area (Å²) in [7, 11) is 1.41. The van der Waals surface area contributed by atoms with Crippen LogP contribution < -0.4 is 15.6 Å². The van der Waals surface area contributed by atoms with Gasteiger partial charge in [0.1, 0.15) is 5.75 Å². The Morgan fingerprint density at radius 1 is 1.07 bits per heavy atom. The Balaban J connectivity index is 1.81. The van der Waals surface area contributed by atoms with E-state index in [2.05, 4.69) is 10.9 Å². The summed E-state index contributed by atoms with van der Waals surface area (Å²) < 4.78 is 9.99. The van der Waals surface area contributed by atoms with Crippen LogP contribution in [0, 0.1) is 6.92 Å². The van der Waals surface area contributed by atoms with Crippen LogP contribution in [-0.2, 0) is 20.7 Å². The van der Waals surface area contributed by atoms with Crippen molar-refractivity contribution in [3.8, 4) is 5.75 Å². The van der Waals surface area contributed by atoms with Gasteiger partial charge in [-0.1, -0.05) is 35.9 Å². The standard InChI is InChI=1S/C19H19ClN2O5/c1-12-5-3-4-6-13(12)9-18(24)27-11-17(23)21-22-19(25)15-10-14(20)7-8-16(15)26-2/h3-8,10H,9,11H2,1-2H3,(H,21,23)(H,22,25). The molecule has 0 saturated heterocycles. The molecule has 142 valence electrons. The number of halogens is 1. The van der Waals surface area contributed by atoms with Crippen LogP contribution in [0.25, 0.3) is 0 Å². The topological polar surface area (TPSA) is 93.7 Å². The van der Waals surface area contributed by atoms with Gasteiger partial charge in [0.2, 0.25) is 0 Å². The van der Waals surface area contributed by atoms with Gasteiger partial charge in [-0.15, -0.1) is 0 Å². The molecular weight excluding hydrogens is 372 g/mol. The highest BCUT2D eigenvalue weighted by molar-refractivity contribution is 6.31. The van der Waals surface area contributed by atoms with Gasteiger partial charge in [-0.2, -0.15) is 0 Å². The van der Waals surface area contributed by atoms with Crippen molar-refractivity contribution in [3.63, 3.8) is 0 Å². The third kappa shape index (κ3) is 6.00. The number of aryl methyl sites for hydroxylation is 1. The zero-order valence-electron chi connectivity index (χ0n) is 14.9. The van der Waals surface area contributed by atoms with Crippen LogP contribution in [0.5, 0.6) is 5.75 Å². The van der Waals surface area contributed by atoms with Crippen LogP contribution in [-0.4, -0.2) is 31.5 Å². The van der Waals surface area contributed by atoms with Gasteiger partial charge in [-0.05, 0) is 36.2 Å². The molecule has 2 N–H and O–H groups in total. The van der Waals surface area contributed by atoms with Crippen molar-refractivity contribution >= 4 is 29.4 Å². The molecule has 0 aromatic heterocycles. The summed E-state index contributed by atoms with van der Waals surface area (Å²) in [5, 5.41) is 0.345. The fourth-order valence-electron chi connectivity index (χ4n) is 2.25. The number of hydrogen-bond donors (Lipinski definition) is 2. The molecule has 2 rings (SSSR count). The second kappa shape index (κ2) is 9.59. The summed E-state index contributed by atoms with van der Waals surface area (Å²) in [6, 6.07) is 11.9. The van der Waals surface area contributed by atoms with Gasteiger partial charge in [0.15, 0.2) is 6.61 Å². The van der Waals surface area contributed by atoms with Crippen molar-refractivity contribution in [1.29, 1.82) is 0 Å². The van der Waals surface area contributed by atoms with Gasteiger partial charge < -0.3 is 9.47 Å². The number of hydrazine groups is 1. The predicted molar refractivity (Wildman–Crippen MR) is 99.5 cm³/mol. The third-order valence-electron chi connectivity index (χ3n) is 3.68. The predicted octanol–water partition coefficient (Wildman–Crippen LogP) is 2.20. The molecule has 0 aliphatic heterocycles. The highest BCUT2D eigenvalue weighted by Crippen LogP contribution is 2.22. The number of ether oxygens (including phenoxy) is 2. The van der Waals surface area contributed by atoms with Gasteiger partial charge in [0, 0.05) is 5.02 Å². The maximum atomic E-state index is 12.1. The molecule has 27 heavy (non-hydrogen) atoms. The molecule has 8 heteroatoms. The molecule has 0 bridgehead atoms. The number of amides is 2. The molecule has 2 aromatic carbocycles. The molecule has 7 nitrogen and oxygen atoms in total. The van der Waals surface area contributed by atoms with Gasteiger partial charge in [0.05, 0.1) is 19.1 Å². The summed E-state index contributed by atoms with van der Waals surface area (Å²) in [5.41, 5.74) is 6.32. The average Bonchev–Trinajstić information content (AvgIpc) is 2.66. The molecule has 0 fully saturated rings. The van der Waals surface area contributed by atoms with Crippen LogP contribution in [0.3, 0.4) is 0 Å². The average molecular weight is 391 g/mol. The Hall–Kier alpha value is -3.06. The van der Waals surface area contributed by atoms with Crippen molar-refractivity contribution in [1.82, 2.24) is 10.9 Å². The summed E-state index contributed by atoms with van der Waals surface area (Å²) in [6.45, 7) is 1.37. The number of esters is 1. The van der Waals surface area contributed by atoms with E-state index < -0.39 is 24.4 Å². The zero-order valence-corrected chi connectivity index (χ0v) is 15.6. The number of nitrogens with one attached hydrogen (secondary N) is 2.